The van der Waals surface area contributed by atoms with Crippen LogP contribution in [0.15, 0.2) is 0 Å². The van der Waals surface area contributed by atoms with Gasteiger partial charge in [-0.1, -0.05) is 6.92 Å². The first kappa shape index (κ1) is 19.6. The summed E-state index contributed by atoms with van der Waals surface area (Å²) in [6.45, 7) is 2.86. The van der Waals surface area contributed by atoms with E-state index < -0.39 is 39.7 Å². The number of alkyl halides is 3. The minimum absolute atomic E-state index is 0.249. The van der Waals surface area contributed by atoms with Crippen molar-refractivity contribution in [2.75, 3.05) is 5.75 Å². The third-order valence-corrected chi connectivity index (χ3v) is 4.25. The molecular formula is C10H17F3N2O5S. The maximum atomic E-state index is 12.7. The highest BCUT2D eigenvalue weighted by Crippen LogP contribution is 2.30. The molecule has 11 heteroatoms. The van der Waals surface area contributed by atoms with Gasteiger partial charge in [-0.2, -0.15) is 13.2 Å². The van der Waals surface area contributed by atoms with Gasteiger partial charge in [-0.3, -0.25) is 4.79 Å². The van der Waals surface area contributed by atoms with Crippen LogP contribution in [0.1, 0.15) is 27.2 Å². The van der Waals surface area contributed by atoms with Gasteiger partial charge in [0.1, 0.15) is 0 Å². The molecule has 0 aliphatic rings. The van der Waals surface area contributed by atoms with Crippen molar-refractivity contribution in [3.8, 4) is 0 Å². The molecule has 0 saturated carbocycles. The monoisotopic (exact) mass is 334 g/mol. The van der Waals surface area contributed by atoms with E-state index >= 15 is 0 Å². The van der Waals surface area contributed by atoms with Crippen molar-refractivity contribution < 1.29 is 36.3 Å². The van der Waals surface area contributed by atoms with E-state index in [9.17, 15) is 31.2 Å². The zero-order valence-corrected chi connectivity index (χ0v) is 12.4. The molecular weight excluding hydrogens is 317 g/mol. The van der Waals surface area contributed by atoms with Crippen LogP contribution in [0.4, 0.5) is 13.2 Å². The average molecular weight is 334 g/mol. The zero-order valence-electron chi connectivity index (χ0n) is 11.6. The zero-order chi connectivity index (χ0) is 17.1. The number of sulfonamides is 1. The Morgan fingerprint density at radius 1 is 1.29 bits per heavy atom. The number of nitrogens with one attached hydrogen (secondary N) is 2. The molecule has 2 atom stereocenters. The molecule has 0 rings (SSSR count). The number of hydrogen-bond acceptors (Lipinski definition) is 4. The first-order valence-corrected chi connectivity index (χ1v) is 7.54. The summed E-state index contributed by atoms with van der Waals surface area (Å²) in [4.78, 5) is 22.3. The molecule has 0 aromatic carbocycles. The standard InChI is InChI=1S/C10H17F3N2O5S/c1-4-5-21(19,20)15-6(2)7(16)14-9(3,8(17)18)10(11,12)13/h6,15H,4-5H2,1-3H3,(H,14,16)(H,17,18). The smallest absolute Gasteiger partial charge is 0.422 e. The van der Waals surface area contributed by atoms with Gasteiger partial charge < -0.3 is 10.4 Å². The summed E-state index contributed by atoms with van der Waals surface area (Å²) >= 11 is 0. The number of carbonyl (C=O) groups is 2. The Bertz CT molecular complexity index is 505. The molecule has 1 amide bonds. The Hall–Kier alpha value is -1.36. The van der Waals surface area contributed by atoms with Crippen molar-refractivity contribution in [3.63, 3.8) is 0 Å². The van der Waals surface area contributed by atoms with E-state index in [1.807, 2.05) is 4.72 Å². The van der Waals surface area contributed by atoms with E-state index in [1.165, 1.54) is 5.32 Å². The lowest BCUT2D eigenvalue weighted by Gasteiger charge is -2.29. The summed E-state index contributed by atoms with van der Waals surface area (Å²) in [7, 11) is -3.83. The molecule has 0 aliphatic heterocycles. The van der Waals surface area contributed by atoms with Crippen molar-refractivity contribution in [3.05, 3.63) is 0 Å². The lowest BCUT2D eigenvalue weighted by molar-refractivity contribution is -0.207. The fourth-order valence-electron chi connectivity index (χ4n) is 1.25. The van der Waals surface area contributed by atoms with Crippen LogP contribution in [-0.4, -0.2) is 48.9 Å². The number of carboxylic acids is 1. The van der Waals surface area contributed by atoms with Gasteiger partial charge in [0.2, 0.25) is 21.5 Å². The van der Waals surface area contributed by atoms with Crippen LogP contribution >= 0.6 is 0 Å². The molecule has 2 unspecified atom stereocenters. The highest BCUT2D eigenvalue weighted by molar-refractivity contribution is 7.89. The van der Waals surface area contributed by atoms with E-state index in [-0.39, 0.29) is 19.1 Å². The van der Waals surface area contributed by atoms with E-state index in [2.05, 4.69) is 0 Å². The van der Waals surface area contributed by atoms with Gasteiger partial charge in [-0.05, 0) is 20.3 Å². The van der Waals surface area contributed by atoms with Crippen molar-refractivity contribution in [1.82, 2.24) is 10.0 Å². The molecule has 0 spiro atoms. The van der Waals surface area contributed by atoms with Crippen molar-refractivity contribution in [1.29, 1.82) is 0 Å². The first-order chi connectivity index (χ1) is 9.27. The lowest BCUT2D eigenvalue weighted by atomic mass is 10.0. The largest absolute Gasteiger partial charge is 0.479 e. The Labute approximate surface area is 119 Å². The van der Waals surface area contributed by atoms with Crippen LogP contribution in [0.25, 0.3) is 0 Å². The van der Waals surface area contributed by atoms with E-state index in [0.717, 1.165) is 6.92 Å². The van der Waals surface area contributed by atoms with E-state index in [1.54, 1.807) is 6.92 Å². The van der Waals surface area contributed by atoms with Gasteiger partial charge in [-0.15, -0.1) is 0 Å². The molecule has 0 aromatic heterocycles. The summed E-state index contributed by atoms with van der Waals surface area (Å²) in [5, 5.41) is 9.95. The molecule has 0 aliphatic carbocycles. The maximum absolute atomic E-state index is 12.7. The number of amides is 1. The van der Waals surface area contributed by atoms with Crippen molar-refractivity contribution in [2.45, 2.75) is 44.9 Å². The summed E-state index contributed by atoms with van der Waals surface area (Å²) in [5.41, 5.74) is -3.51. The van der Waals surface area contributed by atoms with Crippen molar-refractivity contribution >= 4 is 21.9 Å². The molecule has 0 radical (unpaired) electrons. The number of carboxylic acid groups (broad SMARTS) is 1. The van der Waals surface area contributed by atoms with Crippen LogP contribution in [0.5, 0.6) is 0 Å². The first-order valence-electron chi connectivity index (χ1n) is 5.89. The Morgan fingerprint density at radius 2 is 1.76 bits per heavy atom. The molecule has 3 N–H and O–H groups in total. The number of aliphatic carboxylic acids is 1. The molecule has 0 aromatic rings. The number of rotatable bonds is 7. The molecule has 124 valence electrons. The molecule has 0 bridgehead atoms. The fraction of sp³-hybridized carbons (Fsp3) is 0.800. The predicted molar refractivity (Wildman–Crippen MR) is 66.9 cm³/mol. The minimum atomic E-state index is -5.24. The summed E-state index contributed by atoms with van der Waals surface area (Å²) in [5.74, 6) is -4.00. The maximum Gasteiger partial charge on any atom is 0.422 e. The predicted octanol–water partition coefficient (Wildman–Crippen LogP) is 0.226. The third kappa shape index (κ3) is 5.16. The normalized spacial score (nSPS) is 16.9. The fourth-order valence-corrected chi connectivity index (χ4v) is 2.55. The van der Waals surface area contributed by atoms with Crippen LogP contribution in [0.2, 0.25) is 0 Å². The third-order valence-electron chi connectivity index (χ3n) is 2.59. The second-order valence-corrected chi connectivity index (χ2v) is 6.45. The van der Waals surface area contributed by atoms with Crippen LogP contribution in [0, 0.1) is 0 Å². The van der Waals surface area contributed by atoms with Crippen LogP contribution in [-0.2, 0) is 19.6 Å². The van der Waals surface area contributed by atoms with Gasteiger partial charge in [0.05, 0.1) is 11.8 Å². The molecule has 0 saturated heterocycles. The van der Waals surface area contributed by atoms with Gasteiger partial charge in [-0.25, -0.2) is 17.9 Å². The molecule has 0 fully saturated rings. The van der Waals surface area contributed by atoms with Crippen LogP contribution < -0.4 is 10.0 Å². The lowest BCUT2D eigenvalue weighted by Crippen LogP contribution is -2.64. The second kappa shape index (κ2) is 6.60. The Kier molecular flexibility index (Phi) is 6.17. The highest BCUT2D eigenvalue weighted by Gasteiger charge is 2.58. The SMILES string of the molecule is CCCS(=O)(=O)NC(C)C(=O)NC(C)(C(=O)O)C(F)(F)F. The highest BCUT2D eigenvalue weighted by atomic mass is 32.2. The van der Waals surface area contributed by atoms with Gasteiger partial charge in [0, 0.05) is 0 Å². The van der Waals surface area contributed by atoms with E-state index in [0.29, 0.717) is 0 Å². The Morgan fingerprint density at radius 3 is 2.10 bits per heavy atom. The van der Waals surface area contributed by atoms with Gasteiger partial charge in [0.25, 0.3) is 0 Å². The average Bonchev–Trinajstić information content (AvgIpc) is 2.25. The number of halogens is 3. The summed E-state index contributed by atoms with van der Waals surface area (Å²) in [6.07, 6.45) is -4.99. The topological polar surface area (TPSA) is 113 Å². The van der Waals surface area contributed by atoms with Gasteiger partial charge in [0.15, 0.2) is 0 Å². The second-order valence-electron chi connectivity index (χ2n) is 4.58. The van der Waals surface area contributed by atoms with Crippen LogP contribution in [0.3, 0.4) is 0 Å². The Balaban J connectivity index is 5.08. The summed E-state index contributed by atoms with van der Waals surface area (Å²) in [6, 6.07) is -1.54. The summed E-state index contributed by atoms with van der Waals surface area (Å²) < 4.78 is 62.8. The number of hydrogen-bond donors (Lipinski definition) is 3. The minimum Gasteiger partial charge on any atom is -0.479 e. The van der Waals surface area contributed by atoms with Gasteiger partial charge >= 0.3 is 12.1 Å². The number of carbonyl (C=O) groups excluding carboxylic acids is 1. The molecule has 0 heterocycles. The molecule has 21 heavy (non-hydrogen) atoms. The quantitative estimate of drug-likeness (QED) is 0.617. The molecule has 7 nitrogen and oxygen atoms in total. The van der Waals surface area contributed by atoms with Crippen molar-refractivity contribution in [2.24, 2.45) is 0 Å². The van der Waals surface area contributed by atoms with E-state index in [4.69, 9.17) is 5.11 Å².